The Bertz CT molecular complexity index is 246. The number of nitrogens with one attached hydrogen (secondary N) is 1. The van der Waals surface area contributed by atoms with Gasteiger partial charge in [-0.05, 0) is 32.2 Å². The van der Waals surface area contributed by atoms with Gasteiger partial charge in [0.15, 0.2) is 0 Å². The number of nitrogens with zero attached hydrogens (tertiary/aromatic N) is 1. The summed E-state index contributed by atoms with van der Waals surface area (Å²) in [7, 11) is 0. The molecule has 1 atom stereocenters. The largest absolute Gasteiger partial charge is 0.341 e. The fourth-order valence-electron chi connectivity index (χ4n) is 2.49. The van der Waals surface area contributed by atoms with Gasteiger partial charge >= 0.3 is 0 Å². The third-order valence-electron chi connectivity index (χ3n) is 3.57. The molecular formula is C11H18F2N2O. The van der Waals surface area contributed by atoms with Gasteiger partial charge in [-0.3, -0.25) is 4.79 Å². The Morgan fingerprint density at radius 2 is 1.94 bits per heavy atom. The number of rotatable bonds is 2. The maximum absolute atomic E-state index is 12.4. The maximum Gasteiger partial charge on any atom is 0.241 e. The van der Waals surface area contributed by atoms with E-state index in [0.717, 1.165) is 19.4 Å². The van der Waals surface area contributed by atoms with Crippen LogP contribution in [0.4, 0.5) is 8.78 Å². The SMILES string of the molecule is O=C([C@@H]1CCCN1)N1CCC(C(F)F)CC1. The predicted octanol–water partition coefficient (Wildman–Crippen LogP) is 1.24. The number of halogens is 2. The number of amides is 1. The maximum atomic E-state index is 12.4. The van der Waals surface area contributed by atoms with E-state index in [1.807, 2.05) is 0 Å². The molecule has 16 heavy (non-hydrogen) atoms. The zero-order valence-corrected chi connectivity index (χ0v) is 9.29. The summed E-state index contributed by atoms with van der Waals surface area (Å²) in [5.74, 6) is -0.411. The van der Waals surface area contributed by atoms with Crippen molar-refractivity contribution in [1.29, 1.82) is 0 Å². The minimum Gasteiger partial charge on any atom is -0.341 e. The number of alkyl halides is 2. The topological polar surface area (TPSA) is 32.3 Å². The number of hydrogen-bond acceptors (Lipinski definition) is 2. The smallest absolute Gasteiger partial charge is 0.241 e. The first-order chi connectivity index (χ1) is 7.68. The molecule has 0 radical (unpaired) electrons. The lowest BCUT2D eigenvalue weighted by Crippen LogP contribution is -2.47. The Morgan fingerprint density at radius 3 is 2.44 bits per heavy atom. The molecule has 0 aliphatic carbocycles. The van der Waals surface area contributed by atoms with Gasteiger partial charge in [-0.25, -0.2) is 8.78 Å². The van der Waals surface area contributed by atoms with E-state index in [9.17, 15) is 13.6 Å². The fraction of sp³-hybridized carbons (Fsp3) is 0.909. The van der Waals surface area contributed by atoms with Crippen LogP contribution in [0.3, 0.4) is 0 Å². The molecule has 1 amide bonds. The normalized spacial score (nSPS) is 27.7. The van der Waals surface area contributed by atoms with Crippen molar-refractivity contribution in [3.63, 3.8) is 0 Å². The minimum atomic E-state index is -2.23. The molecular weight excluding hydrogens is 214 g/mol. The summed E-state index contributed by atoms with van der Waals surface area (Å²) in [5, 5.41) is 3.15. The Kier molecular flexibility index (Phi) is 3.74. The zero-order valence-electron chi connectivity index (χ0n) is 9.29. The van der Waals surface area contributed by atoms with Gasteiger partial charge in [0, 0.05) is 19.0 Å². The number of piperidine rings is 1. The van der Waals surface area contributed by atoms with Crippen LogP contribution in [0.5, 0.6) is 0 Å². The lowest BCUT2D eigenvalue weighted by atomic mass is 9.97. The third kappa shape index (κ3) is 2.51. The lowest BCUT2D eigenvalue weighted by Gasteiger charge is -2.33. The van der Waals surface area contributed by atoms with Gasteiger partial charge in [-0.15, -0.1) is 0 Å². The Morgan fingerprint density at radius 1 is 1.25 bits per heavy atom. The van der Waals surface area contributed by atoms with Crippen molar-refractivity contribution in [2.45, 2.75) is 38.2 Å². The molecule has 0 aromatic heterocycles. The van der Waals surface area contributed by atoms with Crippen molar-refractivity contribution in [2.75, 3.05) is 19.6 Å². The van der Waals surface area contributed by atoms with E-state index in [0.29, 0.717) is 25.9 Å². The van der Waals surface area contributed by atoms with Gasteiger partial charge in [0.2, 0.25) is 12.3 Å². The average Bonchev–Trinajstić information content (AvgIpc) is 2.81. The van der Waals surface area contributed by atoms with E-state index in [1.54, 1.807) is 4.90 Å². The fourth-order valence-corrected chi connectivity index (χ4v) is 2.49. The molecule has 1 N–H and O–H groups in total. The first kappa shape index (κ1) is 11.8. The van der Waals surface area contributed by atoms with Crippen LogP contribution in [-0.4, -0.2) is 42.9 Å². The molecule has 0 aromatic carbocycles. The van der Waals surface area contributed by atoms with Crippen molar-refractivity contribution in [3.8, 4) is 0 Å². The molecule has 0 unspecified atom stereocenters. The van der Waals surface area contributed by atoms with Crippen LogP contribution >= 0.6 is 0 Å². The van der Waals surface area contributed by atoms with Gasteiger partial charge < -0.3 is 10.2 Å². The quantitative estimate of drug-likeness (QED) is 0.777. The first-order valence-electron chi connectivity index (χ1n) is 5.99. The summed E-state index contributed by atoms with van der Waals surface area (Å²) in [5.41, 5.74) is 0. The van der Waals surface area contributed by atoms with Crippen molar-refractivity contribution in [2.24, 2.45) is 5.92 Å². The monoisotopic (exact) mass is 232 g/mol. The predicted molar refractivity (Wildman–Crippen MR) is 56.3 cm³/mol. The molecule has 0 bridgehead atoms. The second-order valence-corrected chi connectivity index (χ2v) is 4.65. The molecule has 0 saturated carbocycles. The molecule has 5 heteroatoms. The van der Waals surface area contributed by atoms with E-state index in [1.165, 1.54) is 0 Å². The highest BCUT2D eigenvalue weighted by Gasteiger charge is 2.32. The highest BCUT2D eigenvalue weighted by molar-refractivity contribution is 5.82. The van der Waals surface area contributed by atoms with Crippen molar-refractivity contribution < 1.29 is 13.6 Å². The Hall–Kier alpha value is -0.710. The lowest BCUT2D eigenvalue weighted by molar-refractivity contribution is -0.135. The molecule has 2 fully saturated rings. The standard InChI is InChI=1S/C11H18F2N2O/c12-10(13)8-3-6-15(7-4-8)11(16)9-2-1-5-14-9/h8-10,14H,1-7H2/t9-/m0/s1. The summed E-state index contributed by atoms with van der Waals surface area (Å²) in [6.45, 7) is 1.88. The number of likely N-dealkylation sites (tertiary alicyclic amines) is 1. The summed E-state index contributed by atoms with van der Waals surface area (Å²) in [6, 6.07) is -0.0666. The second kappa shape index (κ2) is 5.08. The molecule has 2 saturated heterocycles. The molecule has 2 rings (SSSR count). The molecule has 2 heterocycles. The average molecular weight is 232 g/mol. The van der Waals surface area contributed by atoms with Crippen LogP contribution in [0.1, 0.15) is 25.7 Å². The van der Waals surface area contributed by atoms with Gasteiger partial charge in [0.05, 0.1) is 6.04 Å². The van der Waals surface area contributed by atoms with Gasteiger partial charge in [0.1, 0.15) is 0 Å². The minimum absolute atomic E-state index is 0.0666. The van der Waals surface area contributed by atoms with E-state index < -0.39 is 12.3 Å². The molecule has 3 nitrogen and oxygen atoms in total. The van der Waals surface area contributed by atoms with Crippen molar-refractivity contribution >= 4 is 5.91 Å². The summed E-state index contributed by atoms with van der Waals surface area (Å²) < 4.78 is 24.9. The molecule has 0 aromatic rings. The highest BCUT2D eigenvalue weighted by atomic mass is 19.3. The Labute approximate surface area is 94.2 Å². The molecule has 92 valence electrons. The van der Waals surface area contributed by atoms with Crippen LogP contribution in [0, 0.1) is 5.92 Å². The Balaban J connectivity index is 1.81. The van der Waals surface area contributed by atoms with E-state index in [2.05, 4.69) is 5.32 Å². The number of carbonyl (C=O) groups is 1. The van der Waals surface area contributed by atoms with Crippen LogP contribution in [-0.2, 0) is 4.79 Å². The van der Waals surface area contributed by atoms with E-state index in [-0.39, 0.29) is 11.9 Å². The number of carbonyl (C=O) groups excluding carboxylic acids is 1. The van der Waals surface area contributed by atoms with E-state index >= 15 is 0 Å². The van der Waals surface area contributed by atoms with Gasteiger partial charge in [0.25, 0.3) is 0 Å². The number of hydrogen-bond donors (Lipinski definition) is 1. The summed E-state index contributed by atoms with van der Waals surface area (Å²) in [6.07, 6.45) is 0.561. The van der Waals surface area contributed by atoms with Crippen LogP contribution in [0.25, 0.3) is 0 Å². The highest BCUT2D eigenvalue weighted by Crippen LogP contribution is 2.24. The zero-order chi connectivity index (χ0) is 11.5. The molecule has 2 aliphatic rings. The molecule has 2 aliphatic heterocycles. The van der Waals surface area contributed by atoms with Crippen LogP contribution in [0.15, 0.2) is 0 Å². The first-order valence-corrected chi connectivity index (χ1v) is 5.99. The van der Waals surface area contributed by atoms with Crippen molar-refractivity contribution in [1.82, 2.24) is 10.2 Å². The molecule has 0 spiro atoms. The second-order valence-electron chi connectivity index (χ2n) is 4.65. The van der Waals surface area contributed by atoms with Crippen LogP contribution < -0.4 is 5.32 Å². The third-order valence-corrected chi connectivity index (χ3v) is 3.57. The van der Waals surface area contributed by atoms with Gasteiger partial charge in [-0.2, -0.15) is 0 Å². The summed E-state index contributed by atoms with van der Waals surface area (Å²) >= 11 is 0. The van der Waals surface area contributed by atoms with Crippen LogP contribution in [0.2, 0.25) is 0 Å². The van der Waals surface area contributed by atoms with E-state index in [4.69, 9.17) is 0 Å². The van der Waals surface area contributed by atoms with Crippen molar-refractivity contribution in [3.05, 3.63) is 0 Å². The van der Waals surface area contributed by atoms with Gasteiger partial charge in [-0.1, -0.05) is 0 Å². The summed E-state index contributed by atoms with van der Waals surface area (Å²) in [4.78, 5) is 13.7.